The van der Waals surface area contributed by atoms with Gasteiger partial charge in [0.25, 0.3) is 11.5 Å². The number of aliphatic hydroxyl groups is 2. The molecule has 3 N–H and O–H groups in total. The Labute approximate surface area is 104 Å². The predicted molar refractivity (Wildman–Crippen MR) is 64.2 cm³/mol. The number of aryl methyl sites for hydroxylation is 1. The van der Waals surface area contributed by atoms with Crippen LogP contribution in [-0.2, 0) is 6.54 Å². The van der Waals surface area contributed by atoms with Crippen molar-refractivity contribution in [1.82, 2.24) is 15.1 Å². The lowest BCUT2D eigenvalue weighted by molar-refractivity contribution is 0.0797. The highest BCUT2D eigenvalue weighted by Gasteiger charge is 2.11. The Morgan fingerprint density at radius 1 is 1.56 bits per heavy atom. The molecule has 1 atom stereocenters. The third-order valence-corrected chi connectivity index (χ3v) is 2.24. The number of carbonyl (C=O) groups is 1. The Morgan fingerprint density at radius 2 is 2.28 bits per heavy atom. The van der Waals surface area contributed by atoms with Gasteiger partial charge in [0.1, 0.15) is 5.69 Å². The minimum absolute atomic E-state index is 0.0656. The largest absolute Gasteiger partial charge is 0.394 e. The first-order valence-electron chi connectivity index (χ1n) is 5.73. The van der Waals surface area contributed by atoms with Crippen molar-refractivity contribution in [3.8, 4) is 0 Å². The summed E-state index contributed by atoms with van der Waals surface area (Å²) >= 11 is 0. The van der Waals surface area contributed by atoms with E-state index < -0.39 is 18.6 Å². The number of nitrogens with one attached hydrogen (secondary N) is 1. The molecule has 1 heterocycles. The zero-order valence-electron chi connectivity index (χ0n) is 10.2. The van der Waals surface area contributed by atoms with Crippen LogP contribution >= 0.6 is 0 Å². The van der Waals surface area contributed by atoms with E-state index in [2.05, 4.69) is 10.4 Å². The molecule has 1 aromatic rings. The third kappa shape index (κ3) is 3.94. The van der Waals surface area contributed by atoms with Crippen LogP contribution in [0.1, 0.15) is 23.8 Å². The Balaban J connectivity index is 2.74. The second kappa shape index (κ2) is 6.87. The minimum Gasteiger partial charge on any atom is -0.394 e. The van der Waals surface area contributed by atoms with Gasteiger partial charge in [-0.15, -0.1) is 0 Å². The highest BCUT2D eigenvalue weighted by Crippen LogP contribution is 1.92. The van der Waals surface area contributed by atoms with Gasteiger partial charge < -0.3 is 15.5 Å². The van der Waals surface area contributed by atoms with Crippen molar-refractivity contribution < 1.29 is 15.0 Å². The van der Waals surface area contributed by atoms with Crippen LogP contribution in [0.3, 0.4) is 0 Å². The molecule has 0 saturated heterocycles. The molecule has 0 radical (unpaired) electrons. The van der Waals surface area contributed by atoms with Crippen molar-refractivity contribution in [2.75, 3.05) is 13.2 Å². The molecule has 7 nitrogen and oxygen atoms in total. The molecular formula is C11H17N3O4. The van der Waals surface area contributed by atoms with E-state index in [0.717, 1.165) is 6.42 Å². The summed E-state index contributed by atoms with van der Waals surface area (Å²) in [6.07, 6.45) is -0.267. The predicted octanol–water partition coefficient (Wildman–Crippen LogP) is -1.26. The molecule has 0 bridgehead atoms. The van der Waals surface area contributed by atoms with Crippen molar-refractivity contribution in [2.24, 2.45) is 0 Å². The van der Waals surface area contributed by atoms with Crippen molar-refractivity contribution in [3.05, 3.63) is 28.2 Å². The lowest BCUT2D eigenvalue weighted by atomic mass is 10.3. The van der Waals surface area contributed by atoms with Crippen molar-refractivity contribution in [2.45, 2.75) is 26.0 Å². The van der Waals surface area contributed by atoms with E-state index >= 15 is 0 Å². The highest BCUT2D eigenvalue weighted by molar-refractivity contribution is 5.91. The maximum absolute atomic E-state index is 11.7. The van der Waals surface area contributed by atoms with Crippen LogP contribution in [0, 0.1) is 0 Å². The van der Waals surface area contributed by atoms with E-state index in [4.69, 9.17) is 10.2 Å². The van der Waals surface area contributed by atoms with Gasteiger partial charge in [-0.05, 0) is 12.5 Å². The van der Waals surface area contributed by atoms with Gasteiger partial charge in [-0.3, -0.25) is 9.59 Å². The lowest BCUT2D eigenvalue weighted by Gasteiger charge is -2.09. The molecule has 7 heteroatoms. The normalized spacial score (nSPS) is 12.2. The standard InChI is InChI=1S/C11H17N3O4/c1-2-5-14-10(17)4-3-9(13-14)11(18)12-6-8(16)7-15/h3-4,8,15-16H,2,5-7H2,1H3,(H,12,18). The van der Waals surface area contributed by atoms with E-state index in [1.807, 2.05) is 6.92 Å². The molecule has 0 spiro atoms. The molecule has 100 valence electrons. The van der Waals surface area contributed by atoms with Gasteiger partial charge in [0.15, 0.2) is 0 Å². The number of aromatic nitrogens is 2. The van der Waals surface area contributed by atoms with Crippen LogP contribution in [0.2, 0.25) is 0 Å². The van der Waals surface area contributed by atoms with Gasteiger partial charge in [-0.2, -0.15) is 5.10 Å². The molecule has 1 unspecified atom stereocenters. The van der Waals surface area contributed by atoms with Crippen molar-refractivity contribution >= 4 is 5.91 Å². The van der Waals surface area contributed by atoms with Crippen molar-refractivity contribution in [3.63, 3.8) is 0 Å². The van der Waals surface area contributed by atoms with Crippen LogP contribution in [0.4, 0.5) is 0 Å². The van der Waals surface area contributed by atoms with Crippen LogP contribution < -0.4 is 10.9 Å². The van der Waals surface area contributed by atoms with Gasteiger partial charge in [-0.25, -0.2) is 4.68 Å². The quantitative estimate of drug-likeness (QED) is 0.588. The van der Waals surface area contributed by atoms with Crippen molar-refractivity contribution in [1.29, 1.82) is 0 Å². The summed E-state index contributed by atoms with van der Waals surface area (Å²) in [7, 11) is 0. The topological polar surface area (TPSA) is 104 Å². The Bertz CT molecular complexity index is 458. The average Bonchev–Trinajstić information content (AvgIpc) is 2.38. The Hall–Kier alpha value is -1.73. The molecular weight excluding hydrogens is 238 g/mol. The molecule has 0 fully saturated rings. The molecule has 1 rings (SSSR count). The number of nitrogens with zero attached hydrogens (tertiary/aromatic N) is 2. The molecule has 0 aliphatic heterocycles. The average molecular weight is 255 g/mol. The Morgan fingerprint density at radius 3 is 2.89 bits per heavy atom. The van der Waals surface area contributed by atoms with Crippen LogP contribution in [0.5, 0.6) is 0 Å². The number of carbonyl (C=O) groups excluding carboxylic acids is 1. The molecule has 18 heavy (non-hydrogen) atoms. The number of amides is 1. The smallest absolute Gasteiger partial charge is 0.271 e. The summed E-state index contributed by atoms with van der Waals surface area (Å²) in [5.74, 6) is -0.493. The van der Waals surface area contributed by atoms with Gasteiger partial charge in [-0.1, -0.05) is 6.92 Å². The molecule has 0 saturated carbocycles. The first kappa shape index (κ1) is 14.3. The van der Waals surface area contributed by atoms with E-state index in [0.29, 0.717) is 6.54 Å². The van der Waals surface area contributed by atoms with E-state index in [9.17, 15) is 9.59 Å². The lowest BCUT2D eigenvalue weighted by Crippen LogP contribution is -2.35. The summed E-state index contributed by atoms with van der Waals surface area (Å²) in [5, 5.41) is 24.0. The number of rotatable bonds is 6. The minimum atomic E-state index is -1.00. The Kier molecular flexibility index (Phi) is 5.47. The fraction of sp³-hybridized carbons (Fsp3) is 0.545. The molecule has 0 aliphatic carbocycles. The summed E-state index contributed by atoms with van der Waals surface area (Å²) in [5.41, 5.74) is -0.156. The molecule has 1 amide bonds. The summed E-state index contributed by atoms with van der Waals surface area (Å²) in [4.78, 5) is 23.0. The summed E-state index contributed by atoms with van der Waals surface area (Å²) in [6, 6.07) is 2.61. The highest BCUT2D eigenvalue weighted by atomic mass is 16.3. The van der Waals surface area contributed by atoms with Gasteiger partial charge >= 0.3 is 0 Å². The third-order valence-electron chi connectivity index (χ3n) is 2.24. The SMILES string of the molecule is CCCn1nc(C(=O)NCC(O)CO)ccc1=O. The number of hydrogen-bond acceptors (Lipinski definition) is 5. The molecule has 1 aromatic heterocycles. The van der Waals surface area contributed by atoms with E-state index in [1.165, 1.54) is 16.8 Å². The number of hydrogen-bond donors (Lipinski definition) is 3. The zero-order chi connectivity index (χ0) is 13.5. The maximum atomic E-state index is 11.7. The van der Waals surface area contributed by atoms with Gasteiger partial charge in [0, 0.05) is 19.2 Å². The van der Waals surface area contributed by atoms with Gasteiger partial charge in [0.2, 0.25) is 0 Å². The fourth-order valence-electron chi connectivity index (χ4n) is 1.31. The van der Waals surface area contributed by atoms with Gasteiger partial charge in [0.05, 0.1) is 12.7 Å². The first-order valence-corrected chi connectivity index (χ1v) is 5.73. The van der Waals surface area contributed by atoms with Crippen LogP contribution in [0.25, 0.3) is 0 Å². The monoisotopic (exact) mass is 255 g/mol. The zero-order valence-corrected chi connectivity index (χ0v) is 10.2. The fourth-order valence-corrected chi connectivity index (χ4v) is 1.31. The second-order valence-corrected chi connectivity index (χ2v) is 3.83. The maximum Gasteiger partial charge on any atom is 0.271 e. The van der Waals surface area contributed by atoms with E-state index in [1.54, 1.807) is 0 Å². The second-order valence-electron chi connectivity index (χ2n) is 3.83. The summed E-state index contributed by atoms with van der Waals surface area (Å²) in [6.45, 7) is 1.85. The molecule has 0 aromatic carbocycles. The first-order chi connectivity index (χ1) is 8.58. The summed E-state index contributed by atoms with van der Waals surface area (Å²) < 4.78 is 1.22. The van der Waals surface area contributed by atoms with E-state index in [-0.39, 0.29) is 17.8 Å². The number of aliphatic hydroxyl groups excluding tert-OH is 2. The van der Waals surface area contributed by atoms with Crippen LogP contribution in [0.15, 0.2) is 16.9 Å². The molecule has 0 aliphatic rings. The van der Waals surface area contributed by atoms with Crippen LogP contribution in [-0.4, -0.2) is 45.2 Å².